The third-order valence-electron chi connectivity index (χ3n) is 5.50. The second kappa shape index (κ2) is 11.1. The summed E-state index contributed by atoms with van der Waals surface area (Å²) in [5.74, 6) is 1.89. The Kier molecular flexibility index (Phi) is 7.79. The second-order valence-electron chi connectivity index (χ2n) is 8.05. The maximum atomic E-state index is 12.4. The number of hydrogen-bond acceptors (Lipinski definition) is 3. The molecule has 0 aliphatic carbocycles. The number of aromatic nitrogens is 2. The van der Waals surface area contributed by atoms with Gasteiger partial charge in [0.1, 0.15) is 11.6 Å². The Labute approximate surface area is 202 Å². The first-order valence-electron chi connectivity index (χ1n) is 11.3. The van der Waals surface area contributed by atoms with E-state index < -0.39 is 0 Å². The number of ether oxygens (including phenoxy) is 1. The average molecular weight is 506 g/mol. The van der Waals surface area contributed by atoms with Crippen LogP contribution in [-0.4, -0.2) is 28.6 Å². The van der Waals surface area contributed by atoms with Gasteiger partial charge < -0.3 is 14.6 Å². The minimum absolute atomic E-state index is 0.0574. The number of nitrogens with one attached hydrogen (secondary N) is 1. The molecule has 0 unspecified atom stereocenters. The van der Waals surface area contributed by atoms with Crippen LogP contribution < -0.4 is 10.1 Å². The molecule has 1 heterocycles. The zero-order chi connectivity index (χ0) is 23.0. The molecule has 0 aliphatic heterocycles. The van der Waals surface area contributed by atoms with E-state index in [2.05, 4.69) is 50.9 Å². The zero-order valence-electron chi connectivity index (χ0n) is 18.8. The lowest BCUT2D eigenvalue weighted by Crippen LogP contribution is -2.25. The molecule has 1 aromatic heterocycles. The van der Waals surface area contributed by atoms with Crippen LogP contribution in [-0.2, 0) is 13.0 Å². The molecule has 170 valence electrons. The topological polar surface area (TPSA) is 56.1 Å². The third-order valence-corrected chi connectivity index (χ3v) is 5.99. The fourth-order valence-corrected chi connectivity index (χ4v) is 4.19. The standard InChI is InChI=1S/C27H28BrN3O2/c1-20-12-14-23(15-13-20)33-18-6-17-31-25-10-3-2-9-24(25)30-26(31)11-5-16-29-27(32)21-7-4-8-22(28)19-21/h2-4,7-10,12-15,19H,5-6,11,16-18H2,1H3,(H,29,32). The smallest absolute Gasteiger partial charge is 0.251 e. The quantitative estimate of drug-likeness (QED) is 0.271. The molecular weight excluding hydrogens is 478 g/mol. The van der Waals surface area contributed by atoms with Crippen LogP contribution in [0.4, 0.5) is 0 Å². The highest BCUT2D eigenvalue weighted by molar-refractivity contribution is 9.10. The molecule has 0 fully saturated rings. The molecule has 0 aliphatic rings. The van der Waals surface area contributed by atoms with Gasteiger partial charge in [-0.25, -0.2) is 4.98 Å². The molecule has 0 saturated carbocycles. The number of carbonyl (C=O) groups excluding carboxylic acids is 1. The number of para-hydroxylation sites is 2. The van der Waals surface area contributed by atoms with E-state index >= 15 is 0 Å². The summed E-state index contributed by atoms with van der Waals surface area (Å²) in [5, 5.41) is 3.01. The fraction of sp³-hybridized carbons (Fsp3) is 0.259. The minimum Gasteiger partial charge on any atom is -0.494 e. The number of hydrogen-bond donors (Lipinski definition) is 1. The number of imidazole rings is 1. The summed E-state index contributed by atoms with van der Waals surface area (Å²) < 4.78 is 9.08. The van der Waals surface area contributed by atoms with Crippen molar-refractivity contribution in [1.82, 2.24) is 14.9 Å². The molecule has 0 atom stereocenters. The Morgan fingerprint density at radius 2 is 1.85 bits per heavy atom. The van der Waals surface area contributed by atoms with Gasteiger partial charge in [-0.05, 0) is 62.2 Å². The van der Waals surface area contributed by atoms with Gasteiger partial charge in [0.25, 0.3) is 5.91 Å². The second-order valence-corrected chi connectivity index (χ2v) is 8.97. The molecule has 0 saturated heterocycles. The number of benzene rings is 3. The van der Waals surface area contributed by atoms with Gasteiger partial charge in [-0.3, -0.25) is 4.79 Å². The molecule has 1 N–H and O–H groups in total. The summed E-state index contributed by atoms with van der Waals surface area (Å²) >= 11 is 3.41. The van der Waals surface area contributed by atoms with Crippen LogP contribution in [0.25, 0.3) is 11.0 Å². The van der Waals surface area contributed by atoms with Crippen LogP contribution in [0.1, 0.15) is 34.6 Å². The summed E-state index contributed by atoms with van der Waals surface area (Å²) in [5.41, 5.74) is 4.03. The van der Waals surface area contributed by atoms with Gasteiger partial charge in [-0.15, -0.1) is 0 Å². The van der Waals surface area contributed by atoms with E-state index in [9.17, 15) is 4.79 Å². The third kappa shape index (κ3) is 6.23. The van der Waals surface area contributed by atoms with Crippen molar-refractivity contribution >= 4 is 32.9 Å². The van der Waals surface area contributed by atoms with E-state index in [4.69, 9.17) is 9.72 Å². The monoisotopic (exact) mass is 505 g/mol. The maximum absolute atomic E-state index is 12.4. The minimum atomic E-state index is -0.0574. The van der Waals surface area contributed by atoms with E-state index in [-0.39, 0.29) is 5.91 Å². The molecule has 3 aromatic carbocycles. The summed E-state index contributed by atoms with van der Waals surface area (Å²) in [6.07, 6.45) is 2.51. The Hall–Kier alpha value is -3.12. The predicted octanol–water partition coefficient (Wildman–Crippen LogP) is 5.94. The largest absolute Gasteiger partial charge is 0.494 e. The summed E-state index contributed by atoms with van der Waals surface area (Å²) in [6, 6.07) is 23.8. The Morgan fingerprint density at radius 1 is 1.03 bits per heavy atom. The van der Waals surface area contributed by atoms with Crippen molar-refractivity contribution in [3.8, 4) is 5.75 Å². The first-order chi connectivity index (χ1) is 16.1. The Balaban J connectivity index is 1.32. The lowest BCUT2D eigenvalue weighted by Gasteiger charge is -2.11. The van der Waals surface area contributed by atoms with Crippen molar-refractivity contribution in [2.24, 2.45) is 0 Å². The number of carbonyl (C=O) groups is 1. The molecule has 0 bridgehead atoms. The number of aryl methyl sites for hydroxylation is 3. The molecule has 4 aromatic rings. The van der Waals surface area contributed by atoms with E-state index in [1.54, 1.807) is 0 Å². The lowest BCUT2D eigenvalue weighted by atomic mass is 10.2. The molecule has 33 heavy (non-hydrogen) atoms. The van der Waals surface area contributed by atoms with Gasteiger partial charge in [-0.1, -0.05) is 51.8 Å². The van der Waals surface area contributed by atoms with Crippen molar-refractivity contribution in [1.29, 1.82) is 0 Å². The van der Waals surface area contributed by atoms with Crippen LogP contribution >= 0.6 is 15.9 Å². The van der Waals surface area contributed by atoms with Crippen molar-refractivity contribution in [2.75, 3.05) is 13.2 Å². The number of amides is 1. The van der Waals surface area contributed by atoms with Gasteiger partial charge in [0.05, 0.1) is 17.6 Å². The van der Waals surface area contributed by atoms with Crippen LogP contribution in [0.15, 0.2) is 77.3 Å². The molecule has 0 radical (unpaired) electrons. The van der Waals surface area contributed by atoms with Gasteiger partial charge in [0, 0.05) is 29.5 Å². The fourth-order valence-electron chi connectivity index (χ4n) is 3.79. The van der Waals surface area contributed by atoms with Gasteiger partial charge in [-0.2, -0.15) is 0 Å². The lowest BCUT2D eigenvalue weighted by molar-refractivity contribution is 0.0953. The molecule has 5 nitrogen and oxygen atoms in total. The SMILES string of the molecule is Cc1ccc(OCCCn2c(CCCNC(=O)c3cccc(Br)c3)nc3ccccc32)cc1. The Bertz CT molecular complexity index is 1220. The van der Waals surface area contributed by atoms with E-state index in [1.807, 2.05) is 54.6 Å². The highest BCUT2D eigenvalue weighted by atomic mass is 79.9. The first-order valence-corrected chi connectivity index (χ1v) is 12.1. The van der Waals surface area contributed by atoms with E-state index in [1.165, 1.54) is 5.56 Å². The summed E-state index contributed by atoms with van der Waals surface area (Å²) in [6.45, 7) is 4.16. The van der Waals surface area contributed by atoms with E-state index in [0.717, 1.165) is 52.9 Å². The highest BCUT2D eigenvalue weighted by Gasteiger charge is 2.11. The maximum Gasteiger partial charge on any atom is 0.251 e. The summed E-state index contributed by atoms with van der Waals surface area (Å²) in [7, 11) is 0. The average Bonchev–Trinajstić information content (AvgIpc) is 3.18. The Morgan fingerprint density at radius 3 is 2.67 bits per heavy atom. The van der Waals surface area contributed by atoms with Crippen LogP contribution in [0.5, 0.6) is 5.75 Å². The first kappa shape index (κ1) is 23.1. The van der Waals surface area contributed by atoms with Crippen molar-refractivity contribution < 1.29 is 9.53 Å². The number of fused-ring (bicyclic) bond motifs is 1. The van der Waals surface area contributed by atoms with Crippen molar-refractivity contribution in [3.63, 3.8) is 0 Å². The number of halogens is 1. The van der Waals surface area contributed by atoms with Crippen LogP contribution in [0.3, 0.4) is 0 Å². The number of rotatable bonds is 10. The van der Waals surface area contributed by atoms with Crippen molar-refractivity contribution in [2.45, 2.75) is 32.7 Å². The van der Waals surface area contributed by atoms with Gasteiger partial charge >= 0.3 is 0 Å². The molecule has 0 spiro atoms. The van der Waals surface area contributed by atoms with Gasteiger partial charge in [0.15, 0.2) is 0 Å². The van der Waals surface area contributed by atoms with Gasteiger partial charge in [0.2, 0.25) is 0 Å². The number of nitrogens with zero attached hydrogens (tertiary/aromatic N) is 2. The predicted molar refractivity (Wildman–Crippen MR) is 136 cm³/mol. The van der Waals surface area contributed by atoms with E-state index in [0.29, 0.717) is 18.7 Å². The normalized spacial score (nSPS) is 11.0. The molecule has 1 amide bonds. The zero-order valence-corrected chi connectivity index (χ0v) is 20.3. The highest BCUT2D eigenvalue weighted by Crippen LogP contribution is 2.18. The molecule has 6 heteroatoms. The van der Waals surface area contributed by atoms with Crippen LogP contribution in [0.2, 0.25) is 0 Å². The van der Waals surface area contributed by atoms with Crippen LogP contribution in [0, 0.1) is 6.92 Å². The summed E-state index contributed by atoms with van der Waals surface area (Å²) in [4.78, 5) is 17.2. The van der Waals surface area contributed by atoms with Crippen molar-refractivity contribution in [3.05, 3.63) is 94.2 Å². The molecule has 4 rings (SSSR count). The molecular formula is C27H28BrN3O2.